The van der Waals surface area contributed by atoms with Crippen LogP contribution >= 0.6 is 0 Å². The van der Waals surface area contributed by atoms with E-state index in [2.05, 4.69) is 5.32 Å². The number of hydrogen-bond donors (Lipinski definition) is 2. The van der Waals surface area contributed by atoms with E-state index in [-0.39, 0.29) is 17.9 Å². The van der Waals surface area contributed by atoms with E-state index in [1.54, 1.807) is 23.8 Å². The third-order valence-electron chi connectivity index (χ3n) is 4.02. The Labute approximate surface area is 111 Å². The Morgan fingerprint density at radius 1 is 1.42 bits per heavy atom. The Morgan fingerprint density at radius 3 is 2.53 bits per heavy atom. The Kier molecular flexibility index (Phi) is 3.64. The predicted octanol–water partition coefficient (Wildman–Crippen LogP) is -0.421. The second-order valence-corrected chi connectivity index (χ2v) is 5.34. The largest absolute Gasteiger partial charge is 0.481 e. The summed E-state index contributed by atoms with van der Waals surface area (Å²) in [5.74, 6) is -1.34. The molecule has 2 heterocycles. The van der Waals surface area contributed by atoms with Crippen molar-refractivity contribution in [2.24, 2.45) is 11.8 Å². The van der Waals surface area contributed by atoms with Gasteiger partial charge in [0.1, 0.15) is 6.04 Å². The molecule has 7 nitrogen and oxygen atoms in total. The van der Waals surface area contributed by atoms with Gasteiger partial charge < -0.3 is 20.2 Å². The maximum absolute atomic E-state index is 11.9. The minimum atomic E-state index is -0.836. The predicted molar refractivity (Wildman–Crippen MR) is 66.4 cm³/mol. The number of nitrogens with zero attached hydrogens (tertiary/aromatic N) is 2. The van der Waals surface area contributed by atoms with Crippen LogP contribution in [0.4, 0.5) is 4.79 Å². The number of carboxylic acid groups (broad SMARTS) is 1. The zero-order valence-corrected chi connectivity index (χ0v) is 11.1. The summed E-state index contributed by atoms with van der Waals surface area (Å²) in [7, 11) is 1.71. The van der Waals surface area contributed by atoms with E-state index in [0.717, 1.165) is 0 Å². The van der Waals surface area contributed by atoms with Crippen molar-refractivity contribution in [3.63, 3.8) is 0 Å². The lowest BCUT2D eigenvalue weighted by Gasteiger charge is -2.41. The molecule has 2 aliphatic heterocycles. The lowest BCUT2D eigenvalue weighted by atomic mass is 9.87. The summed E-state index contributed by atoms with van der Waals surface area (Å²) in [4.78, 5) is 37.5. The maximum Gasteiger partial charge on any atom is 0.318 e. The van der Waals surface area contributed by atoms with Crippen LogP contribution in [0.3, 0.4) is 0 Å². The van der Waals surface area contributed by atoms with Crippen molar-refractivity contribution in [1.82, 2.24) is 15.1 Å². The quantitative estimate of drug-likeness (QED) is 0.728. The minimum absolute atomic E-state index is 0.00482. The van der Waals surface area contributed by atoms with Gasteiger partial charge in [0, 0.05) is 32.6 Å². The highest BCUT2D eigenvalue weighted by molar-refractivity contribution is 5.88. The zero-order chi connectivity index (χ0) is 14.2. The smallest absolute Gasteiger partial charge is 0.318 e. The first-order chi connectivity index (χ1) is 8.90. The Morgan fingerprint density at radius 2 is 2.05 bits per heavy atom. The number of amides is 3. The van der Waals surface area contributed by atoms with Gasteiger partial charge in [-0.2, -0.15) is 0 Å². The molecule has 0 aromatic heterocycles. The van der Waals surface area contributed by atoms with Crippen LogP contribution in [0.5, 0.6) is 0 Å². The van der Waals surface area contributed by atoms with E-state index >= 15 is 0 Å². The van der Waals surface area contributed by atoms with Crippen LogP contribution in [-0.2, 0) is 9.59 Å². The second kappa shape index (κ2) is 5.07. The van der Waals surface area contributed by atoms with Gasteiger partial charge in [0.2, 0.25) is 5.91 Å². The van der Waals surface area contributed by atoms with E-state index in [9.17, 15) is 14.4 Å². The van der Waals surface area contributed by atoms with Gasteiger partial charge in [-0.1, -0.05) is 6.92 Å². The van der Waals surface area contributed by atoms with Crippen molar-refractivity contribution in [3.05, 3.63) is 0 Å². The second-order valence-electron chi connectivity index (χ2n) is 5.34. The van der Waals surface area contributed by atoms with Gasteiger partial charge in [-0.25, -0.2) is 4.79 Å². The van der Waals surface area contributed by atoms with Gasteiger partial charge in [-0.05, 0) is 6.42 Å². The highest BCUT2D eigenvalue weighted by atomic mass is 16.4. The third-order valence-corrected chi connectivity index (χ3v) is 4.02. The fourth-order valence-electron chi connectivity index (χ4n) is 2.39. The summed E-state index contributed by atoms with van der Waals surface area (Å²) in [6.07, 6.45) is 0.629. The molecule has 0 spiro atoms. The molecule has 0 radical (unpaired) electrons. The van der Waals surface area contributed by atoms with Gasteiger partial charge in [0.05, 0.1) is 5.92 Å². The van der Waals surface area contributed by atoms with Crippen molar-refractivity contribution < 1.29 is 19.5 Å². The molecule has 0 aromatic rings. The van der Waals surface area contributed by atoms with E-state index in [1.807, 2.05) is 0 Å². The molecule has 2 rings (SSSR count). The van der Waals surface area contributed by atoms with Crippen LogP contribution < -0.4 is 5.32 Å². The molecule has 0 saturated carbocycles. The summed E-state index contributed by atoms with van der Waals surface area (Å²) in [6, 6.07) is -0.712. The molecule has 2 aliphatic rings. The van der Waals surface area contributed by atoms with Gasteiger partial charge in [-0.3, -0.25) is 9.59 Å². The number of carbonyl (C=O) groups excluding carboxylic acids is 2. The molecule has 2 unspecified atom stereocenters. The van der Waals surface area contributed by atoms with Crippen LogP contribution in [0, 0.1) is 11.8 Å². The normalized spacial score (nSPS) is 25.2. The summed E-state index contributed by atoms with van der Waals surface area (Å²) in [6.45, 7) is 3.19. The number of carbonyl (C=O) groups is 3. The molecular weight excluding hydrogens is 250 g/mol. The van der Waals surface area contributed by atoms with Crippen molar-refractivity contribution in [3.8, 4) is 0 Å². The molecule has 3 amide bonds. The molecule has 106 valence electrons. The number of carboxylic acids is 1. The van der Waals surface area contributed by atoms with Crippen LogP contribution in [0.2, 0.25) is 0 Å². The zero-order valence-electron chi connectivity index (χ0n) is 11.1. The average Bonchev–Trinajstić information content (AvgIpc) is 2.58. The monoisotopic (exact) mass is 269 g/mol. The number of likely N-dealkylation sites (N-methyl/N-ethyl adjacent to an activating group) is 1. The van der Waals surface area contributed by atoms with Crippen molar-refractivity contribution >= 4 is 17.9 Å². The molecular formula is C12H19N3O4. The Hall–Kier alpha value is -1.79. The van der Waals surface area contributed by atoms with E-state index in [1.165, 1.54) is 0 Å². The standard InChI is InChI=1S/C12H19N3O4/c1-7(11(17)18)8-5-15(6-8)12(19)13-9-3-4-14(2)10(9)16/h7-9H,3-6H2,1-2H3,(H,13,19)(H,17,18). The SMILES string of the molecule is CC(C(=O)O)C1CN(C(=O)NC2CCN(C)C2=O)C1. The highest BCUT2D eigenvalue weighted by Crippen LogP contribution is 2.24. The topological polar surface area (TPSA) is 89.9 Å². The lowest BCUT2D eigenvalue weighted by molar-refractivity contribution is -0.144. The summed E-state index contributed by atoms with van der Waals surface area (Å²) in [5.41, 5.74) is 0. The highest BCUT2D eigenvalue weighted by Gasteiger charge is 2.39. The number of aliphatic carboxylic acids is 1. The first kappa shape index (κ1) is 13.6. The van der Waals surface area contributed by atoms with E-state index < -0.39 is 17.9 Å². The Balaban J connectivity index is 1.78. The van der Waals surface area contributed by atoms with Crippen LogP contribution in [-0.4, -0.2) is 65.5 Å². The molecule has 0 aliphatic carbocycles. The summed E-state index contributed by atoms with van der Waals surface area (Å²) < 4.78 is 0. The summed E-state index contributed by atoms with van der Waals surface area (Å²) >= 11 is 0. The van der Waals surface area contributed by atoms with Crippen LogP contribution in [0.1, 0.15) is 13.3 Å². The van der Waals surface area contributed by atoms with E-state index in [0.29, 0.717) is 26.1 Å². The van der Waals surface area contributed by atoms with Crippen LogP contribution in [0.15, 0.2) is 0 Å². The molecule has 0 bridgehead atoms. The summed E-state index contributed by atoms with van der Waals surface area (Å²) in [5, 5.41) is 11.6. The number of hydrogen-bond acceptors (Lipinski definition) is 3. The number of urea groups is 1. The number of nitrogens with one attached hydrogen (secondary N) is 1. The molecule has 2 atom stereocenters. The van der Waals surface area contributed by atoms with Crippen LogP contribution in [0.25, 0.3) is 0 Å². The van der Waals surface area contributed by atoms with Crippen molar-refractivity contribution in [2.75, 3.05) is 26.7 Å². The van der Waals surface area contributed by atoms with E-state index in [4.69, 9.17) is 5.11 Å². The van der Waals surface area contributed by atoms with Gasteiger partial charge in [0.15, 0.2) is 0 Å². The lowest BCUT2D eigenvalue weighted by Crippen LogP contribution is -2.58. The first-order valence-electron chi connectivity index (χ1n) is 6.43. The molecule has 2 N–H and O–H groups in total. The molecule has 0 aromatic carbocycles. The molecule has 2 saturated heterocycles. The third kappa shape index (κ3) is 2.64. The molecule has 7 heteroatoms. The number of likely N-dealkylation sites (tertiary alicyclic amines) is 2. The maximum atomic E-state index is 11.9. The van der Waals surface area contributed by atoms with Gasteiger partial charge >= 0.3 is 12.0 Å². The molecule has 19 heavy (non-hydrogen) atoms. The van der Waals surface area contributed by atoms with Crippen molar-refractivity contribution in [1.29, 1.82) is 0 Å². The first-order valence-corrected chi connectivity index (χ1v) is 6.43. The van der Waals surface area contributed by atoms with Gasteiger partial charge in [0.25, 0.3) is 0 Å². The fraction of sp³-hybridized carbons (Fsp3) is 0.750. The average molecular weight is 269 g/mol. The fourth-order valence-corrected chi connectivity index (χ4v) is 2.39. The van der Waals surface area contributed by atoms with Crippen molar-refractivity contribution in [2.45, 2.75) is 19.4 Å². The minimum Gasteiger partial charge on any atom is -0.481 e. The Bertz CT molecular complexity index is 406. The molecule has 2 fully saturated rings. The number of rotatable bonds is 3. The van der Waals surface area contributed by atoms with Gasteiger partial charge in [-0.15, -0.1) is 0 Å².